The van der Waals surface area contributed by atoms with Gasteiger partial charge < -0.3 is 14.6 Å². The monoisotopic (exact) mass is 406 g/mol. The zero-order valence-electron chi connectivity index (χ0n) is 16.9. The van der Waals surface area contributed by atoms with Crippen LogP contribution in [0.3, 0.4) is 0 Å². The first-order valence-corrected chi connectivity index (χ1v) is 9.75. The maximum absolute atomic E-state index is 13.2. The highest BCUT2D eigenvalue weighted by molar-refractivity contribution is 5.86. The van der Waals surface area contributed by atoms with Crippen LogP contribution in [-0.2, 0) is 17.8 Å². The molecule has 0 aliphatic heterocycles. The van der Waals surface area contributed by atoms with Crippen LogP contribution >= 0.6 is 0 Å². The first-order chi connectivity index (χ1) is 14.6. The quantitative estimate of drug-likeness (QED) is 0.490. The minimum absolute atomic E-state index is 0.0862. The van der Waals surface area contributed by atoms with E-state index in [1.54, 1.807) is 19.2 Å². The van der Waals surface area contributed by atoms with Crippen molar-refractivity contribution >= 4 is 16.8 Å². The Bertz CT molecular complexity index is 1180. The number of hydrogen-bond donors (Lipinski definition) is 2. The van der Waals surface area contributed by atoms with Gasteiger partial charge in [-0.15, -0.1) is 0 Å². The highest BCUT2D eigenvalue weighted by atomic mass is 19.1. The molecule has 4 aromatic rings. The highest BCUT2D eigenvalue weighted by Crippen LogP contribution is 2.26. The number of halogens is 1. The Kier molecular flexibility index (Phi) is 5.52. The first kappa shape index (κ1) is 19.7. The number of aromatic nitrogens is 3. The molecule has 154 valence electrons. The fourth-order valence-corrected chi connectivity index (χ4v) is 3.62. The van der Waals surface area contributed by atoms with Crippen molar-refractivity contribution in [3.05, 3.63) is 71.8 Å². The van der Waals surface area contributed by atoms with E-state index in [-0.39, 0.29) is 18.1 Å². The summed E-state index contributed by atoms with van der Waals surface area (Å²) in [5, 5.41) is 11.2. The molecule has 0 atom stereocenters. The highest BCUT2D eigenvalue weighted by Gasteiger charge is 2.16. The van der Waals surface area contributed by atoms with E-state index in [1.165, 1.54) is 12.1 Å². The fraction of sp³-hybridized carbons (Fsp3) is 0.217. The van der Waals surface area contributed by atoms with E-state index >= 15 is 0 Å². The van der Waals surface area contributed by atoms with Gasteiger partial charge in [0.05, 0.1) is 24.7 Å². The Morgan fingerprint density at radius 1 is 1.20 bits per heavy atom. The summed E-state index contributed by atoms with van der Waals surface area (Å²) >= 11 is 0. The summed E-state index contributed by atoms with van der Waals surface area (Å²) < 4.78 is 20.7. The van der Waals surface area contributed by atoms with Gasteiger partial charge >= 0.3 is 0 Å². The minimum atomic E-state index is -0.305. The van der Waals surface area contributed by atoms with Crippen LogP contribution in [0.5, 0.6) is 5.75 Å². The average molecular weight is 406 g/mol. The summed E-state index contributed by atoms with van der Waals surface area (Å²) in [6.07, 6.45) is 2.20. The number of nitrogens with one attached hydrogen (secondary N) is 2. The van der Waals surface area contributed by atoms with Crippen LogP contribution in [0.25, 0.3) is 22.2 Å². The lowest BCUT2D eigenvalue weighted by Crippen LogP contribution is -2.28. The zero-order chi connectivity index (χ0) is 21.1. The van der Waals surface area contributed by atoms with E-state index in [1.807, 2.05) is 37.4 Å². The lowest BCUT2D eigenvalue weighted by molar-refractivity contribution is -0.120. The van der Waals surface area contributed by atoms with E-state index in [4.69, 9.17) is 4.74 Å². The molecule has 7 heteroatoms. The van der Waals surface area contributed by atoms with Crippen LogP contribution < -0.4 is 10.1 Å². The summed E-state index contributed by atoms with van der Waals surface area (Å²) in [7, 11) is 1.66. The summed E-state index contributed by atoms with van der Waals surface area (Å²) in [6.45, 7) is 3.03. The Balaban J connectivity index is 1.41. The summed E-state index contributed by atoms with van der Waals surface area (Å²) in [5.41, 5.74) is 4.15. The molecule has 6 nitrogen and oxygen atoms in total. The van der Waals surface area contributed by atoms with Crippen molar-refractivity contribution in [1.29, 1.82) is 0 Å². The predicted molar refractivity (Wildman–Crippen MR) is 114 cm³/mol. The van der Waals surface area contributed by atoms with Crippen molar-refractivity contribution in [2.45, 2.75) is 19.9 Å². The minimum Gasteiger partial charge on any atom is -0.496 e. The first-order valence-electron chi connectivity index (χ1n) is 9.75. The Labute approximate surface area is 173 Å². The second-order valence-electron chi connectivity index (χ2n) is 7.11. The van der Waals surface area contributed by atoms with E-state index in [0.717, 1.165) is 33.5 Å². The number of amides is 1. The smallest absolute Gasteiger partial charge is 0.224 e. The molecule has 2 N–H and O–H groups in total. The number of ether oxygens (including phenoxy) is 1. The second-order valence-corrected chi connectivity index (χ2v) is 7.11. The molecule has 0 unspecified atom stereocenters. The lowest BCUT2D eigenvalue weighted by Gasteiger charge is -2.09. The number of methoxy groups -OCH3 is 1. The van der Waals surface area contributed by atoms with Crippen LogP contribution in [-0.4, -0.2) is 34.3 Å². The van der Waals surface area contributed by atoms with E-state index < -0.39 is 0 Å². The van der Waals surface area contributed by atoms with Gasteiger partial charge in [0.15, 0.2) is 0 Å². The molecule has 0 fully saturated rings. The third kappa shape index (κ3) is 3.91. The van der Waals surface area contributed by atoms with E-state index in [2.05, 4.69) is 20.1 Å². The number of benzene rings is 2. The maximum Gasteiger partial charge on any atom is 0.224 e. The van der Waals surface area contributed by atoms with Gasteiger partial charge in [0.2, 0.25) is 5.91 Å². The third-order valence-corrected chi connectivity index (χ3v) is 5.20. The van der Waals surface area contributed by atoms with Crippen LogP contribution in [0.1, 0.15) is 11.3 Å². The molecule has 0 spiro atoms. The van der Waals surface area contributed by atoms with E-state index in [9.17, 15) is 9.18 Å². The fourth-order valence-electron chi connectivity index (χ4n) is 3.62. The van der Waals surface area contributed by atoms with Crippen molar-refractivity contribution < 1.29 is 13.9 Å². The molecule has 2 heterocycles. The zero-order valence-corrected chi connectivity index (χ0v) is 16.9. The second kappa shape index (κ2) is 8.41. The summed E-state index contributed by atoms with van der Waals surface area (Å²) in [4.78, 5) is 12.6. The van der Waals surface area contributed by atoms with Gasteiger partial charge in [0.25, 0.3) is 0 Å². The van der Waals surface area contributed by atoms with Gasteiger partial charge in [-0.05, 0) is 49.4 Å². The standard InChI is InChI=1S/C23H23FN4O2/c1-15-19(23(27-26-15)16-6-8-17(24)9-7-16)14-22(29)25-11-13-28-12-10-18-20(28)4-3-5-21(18)30-2/h3-10,12H,11,13-14H2,1-2H3,(H,25,29)(H,26,27). The number of aromatic amines is 1. The maximum atomic E-state index is 13.2. The molecule has 4 rings (SSSR count). The summed E-state index contributed by atoms with van der Waals surface area (Å²) in [5.74, 6) is 0.441. The van der Waals surface area contributed by atoms with Crippen molar-refractivity contribution in [2.75, 3.05) is 13.7 Å². The molecule has 0 saturated heterocycles. The SMILES string of the molecule is COc1cccc2c1ccn2CCNC(=O)Cc1c(-c2ccc(F)cc2)n[nH]c1C. The molecule has 2 aromatic heterocycles. The topological polar surface area (TPSA) is 71.9 Å². The molecule has 2 aromatic carbocycles. The van der Waals surface area contributed by atoms with Crippen molar-refractivity contribution in [3.8, 4) is 17.0 Å². The van der Waals surface area contributed by atoms with Crippen LogP contribution in [0, 0.1) is 12.7 Å². The molecule has 1 amide bonds. The van der Waals surface area contributed by atoms with Crippen LogP contribution in [0.2, 0.25) is 0 Å². The molecule has 0 radical (unpaired) electrons. The van der Waals surface area contributed by atoms with Crippen LogP contribution in [0.15, 0.2) is 54.7 Å². The molecule has 0 aliphatic carbocycles. The largest absolute Gasteiger partial charge is 0.496 e. The number of hydrogen-bond acceptors (Lipinski definition) is 3. The molecule has 0 saturated carbocycles. The van der Waals surface area contributed by atoms with Crippen molar-refractivity contribution in [2.24, 2.45) is 0 Å². The van der Waals surface area contributed by atoms with Gasteiger partial charge in [-0.2, -0.15) is 5.10 Å². The Morgan fingerprint density at radius 3 is 2.77 bits per heavy atom. The average Bonchev–Trinajstić information content (AvgIpc) is 3.32. The van der Waals surface area contributed by atoms with E-state index in [0.29, 0.717) is 18.8 Å². The van der Waals surface area contributed by atoms with Gasteiger partial charge in [-0.3, -0.25) is 9.89 Å². The van der Waals surface area contributed by atoms with Gasteiger partial charge in [-0.25, -0.2) is 4.39 Å². The lowest BCUT2D eigenvalue weighted by atomic mass is 10.0. The molecule has 0 aliphatic rings. The van der Waals surface area contributed by atoms with Gasteiger partial charge in [0, 0.05) is 41.5 Å². The molecular formula is C23H23FN4O2. The third-order valence-electron chi connectivity index (χ3n) is 5.20. The Morgan fingerprint density at radius 2 is 2.00 bits per heavy atom. The normalized spacial score (nSPS) is 11.0. The molecule has 0 bridgehead atoms. The van der Waals surface area contributed by atoms with Crippen LogP contribution in [0.4, 0.5) is 4.39 Å². The number of carbonyl (C=O) groups excluding carboxylic acids is 1. The van der Waals surface area contributed by atoms with Crippen molar-refractivity contribution in [3.63, 3.8) is 0 Å². The Hall–Kier alpha value is -3.61. The van der Waals surface area contributed by atoms with Gasteiger partial charge in [0.1, 0.15) is 11.6 Å². The number of carbonyl (C=O) groups is 1. The molecular weight excluding hydrogens is 383 g/mol. The predicted octanol–water partition coefficient (Wildman–Crippen LogP) is 3.85. The number of aryl methyl sites for hydroxylation is 1. The number of fused-ring (bicyclic) bond motifs is 1. The number of H-pyrrole nitrogens is 1. The number of nitrogens with zero attached hydrogens (tertiary/aromatic N) is 2. The van der Waals surface area contributed by atoms with Gasteiger partial charge in [-0.1, -0.05) is 6.07 Å². The summed E-state index contributed by atoms with van der Waals surface area (Å²) in [6, 6.07) is 14.0. The molecule has 30 heavy (non-hydrogen) atoms. The number of rotatable bonds is 7. The van der Waals surface area contributed by atoms with Crippen molar-refractivity contribution in [1.82, 2.24) is 20.1 Å².